The molecule has 0 amide bonds. The standard InChI is InChI=1S/C22H24N4O2/c27-22-18-15-25(12-9-19(18)23-21(24-22)20-4-3-13-28-20)14-16-5-7-17(8-6-16)26-10-1-2-11-26/h3-8,13H,1-2,9-12,14-15H2,(H,23,24,27). The second-order valence-electron chi connectivity index (χ2n) is 7.64. The molecule has 0 unspecified atom stereocenters. The first-order valence-corrected chi connectivity index (χ1v) is 9.98. The molecule has 4 heterocycles. The molecule has 2 aliphatic rings. The normalized spacial score (nSPS) is 17.1. The molecule has 144 valence electrons. The fourth-order valence-corrected chi connectivity index (χ4v) is 4.19. The third-order valence-corrected chi connectivity index (χ3v) is 5.72. The van der Waals surface area contributed by atoms with Gasteiger partial charge in [0.25, 0.3) is 5.56 Å². The summed E-state index contributed by atoms with van der Waals surface area (Å²) in [6, 6.07) is 12.5. The van der Waals surface area contributed by atoms with Gasteiger partial charge < -0.3 is 14.3 Å². The summed E-state index contributed by atoms with van der Waals surface area (Å²) in [5, 5.41) is 0. The highest BCUT2D eigenvalue weighted by Gasteiger charge is 2.22. The third-order valence-electron chi connectivity index (χ3n) is 5.72. The van der Waals surface area contributed by atoms with Gasteiger partial charge in [0, 0.05) is 44.8 Å². The Balaban J connectivity index is 1.30. The molecule has 28 heavy (non-hydrogen) atoms. The van der Waals surface area contributed by atoms with Crippen molar-refractivity contribution in [2.45, 2.75) is 32.4 Å². The van der Waals surface area contributed by atoms with Crippen LogP contribution in [0, 0.1) is 0 Å². The van der Waals surface area contributed by atoms with Crippen molar-refractivity contribution < 1.29 is 4.42 Å². The van der Waals surface area contributed by atoms with E-state index in [0.29, 0.717) is 18.1 Å². The fraction of sp³-hybridized carbons (Fsp3) is 0.364. The Kier molecular flexibility index (Phi) is 4.49. The number of nitrogens with zero attached hydrogens (tertiary/aromatic N) is 3. The minimum absolute atomic E-state index is 0.0644. The highest BCUT2D eigenvalue weighted by molar-refractivity contribution is 5.48. The van der Waals surface area contributed by atoms with Crippen LogP contribution in [0.1, 0.15) is 29.7 Å². The van der Waals surface area contributed by atoms with E-state index in [9.17, 15) is 4.79 Å². The zero-order chi connectivity index (χ0) is 18.9. The lowest BCUT2D eigenvalue weighted by Crippen LogP contribution is -2.35. The summed E-state index contributed by atoms with van der Waals surface area (Å²) >= 11 is 0. The van der Waals surface area contributed by atoms with Gasteiger partial charge >= 0.3 is 0 Å². The van der Waals surface area contributed by atoms with E-state index in [1.807, 2.05) is 6.07 Å². The second-order valence-corrected chi connectivity index (χ2v) is 7.64. The summed E-state index contributed by atoms with van der Waals surface area (Å²) in [4.78, 5) is 24.9. The number of hydrogen-bond acceptors (Lipinski definition) is 5. The van der Waals surface area contributed by atoms with Crippen molar-refractivity contribution in [2.75, 3.05) is 24.5 Å². The van der Waals surface area contributed by atoms with Crippen molar-refractivity contribution in [1.82, 2.24) is 14.9 Å². The minimum Gasteiger partial charge on any atom is -0.461 e. The van der Waals surface area contributed by atoms with E-state index < -0.39 is 0 Å². The van der Waals surface area contributed by atoms with Gasteiger partial charge in [0.1, 0.15) is 0 Å². The lowest BCUT2D eigenvalue weighted by atomic mass is 10.1. The number of nitrogens with one attached hydrogen (secondary N) is 1. The molecule has 5 rings (SSSR count). The van der Waals surface area contributed by atoms with Crippen molar-refractivity contribution in [3.63, 3.8) is 0 Å². The monoisotopic (exact) mass is 376 g/mol. The van der Waals surface area contributed by atoms with Crippen molar-refractivity contribution >= 4 is 5.69 Å². The molecule has 0 aliphatic carbocycles. The van der Waals surface area contributed by atoms with E-state index >= 15 is 0 Å². The first-order chi connectivity index (χ1) is 13.8. The molecule has 0 bridgehead atoms. The van der Waals surface area contributed by atoms with Crippen LogP contribution in [0.25, 0.3) is 11.6 Å². The maximum absolute atomic E-state index is 12.6. The number of H-pyrrole nitrogens is 1. The van der Waals surface area contributed by atoms with Crippen molar-refractivity contribution in [3.05, 3.63) is 69.8 Å². The van der Waals surface area contributed by atoms with Crippen LogP contribution < -0.4 is 10.5 Å². The molecule has 1 aromatic carbocycles. The van der Waals surface area contributed by atoms with Crippen LogP contribution in [-0.4, -0.2) is 34.5 Å². The predicted molar refractivity (Wildman–Crippen MR) is 108 cm³/mol. The molecule has 0 radical (unpaired) electrons. The molecule has 0 saturated carbocycles. The molecule has 0 spiro atoms. The maximum Gasteiger partial charge on any atom is 0.256 e. The number of aromatic nitrogens is 2. The second kappa shape index (κ2) is 7.28. The quantitative estimate of drug-likeness (QED) is 0.758. The van der Waals surface area contributed by atoms with E-state index in [0.717, 1.165) is 43.9 Å². The topological polar surface area (TPSA) is 65.4 Å². The van der Waals surface area contributed by atoms with Crippen LogP contribution in [0.3, 0.4) is 0 Å². The Bertz CT molecular complexity index is 1000. The largest absolute Gasteiger partial charge is 0.461 e. The molecule has 2 aliphatic heterocycles. The van der Waals surface area contributed by atoms with Gasteiger partial charge in [0.05, 0.1) is 17.5 Å². The van der Waals surface area contributed by atoms with Gasteiger partial charge in [0.2, 0.25) is 0 Å². The summed E-state index contributed by atoms with van der Waals surface area (Å²) in [6.07, 6.45) is 4.95. The molecular weight excluding hydrogens is 352 g/mol. The highest BCUT2D eigenvalue weighted by Crippen LogP contribution is 2.23. The Morgan fingerprint density at radius 2 is 1.89 bits per heavy atom. The zero-order valence-electron chi connectivity index (χ0n) is 15.9. The average Bonchev–Trinajstić information content (AvgIpc) is 3.43. The Hall–Kier alpha value is -2.86. The number of fused-ring (bicyclic) bond motifs is 1. The lowest BCUT2D eigenvalue weighted by molar-refractivity contribution is 0.242. The number of aromatic amines is 1. The number of furan rings is 1. The number of rotatable bonds is 4. The minimum atomic E-state index is -0.0644. The summed E-state index contributed by atoms with van der Waals surface area (Å²) in [6.45, 7) is 4.70. The van der Waals surface area contributed by atoms with Crippen LogP contribution in [0.4, 0.5) is 5.69 Å². The molecule has 1 N–H and O–H groups in total. The van der Waals surface area contributed by atoms with Gasteiger partial charge in [-0.15, -0.1) is 0 Å². The molecule has 3 aromatic rings. The van der Waals surface area contributed by atoms with Gasteiger partial charge in [-0.25, -0.2) is 4.98 Å². The Labute approximate surface area is 163 Å². The first kappa shape index (κ1) is 17.3. The number of hydrogen-bond donors (Lipinski definition) is 1. The molecule has 1 saturated heterocycles. The molecular formula is C22H24N4O2. The van der Waals surface area contributed by atoms with E-state index in [2.05, 4.69) is 44.0 Å². The summed E-state index contributed by atoms with van der Waals surface area (Å²) < 4.78 is 5.37. The molecule has 2 aromatic heterocycles. The molecule has 0 atom stereocenters. The average molecular weight is 376 g/mol. The summed E-state index contributed by atoms with van der Waals surface area (Å²) in [7, 11) is 0. The summed E-state index contributed by atoms with van der Waals surface area (Å²) in [5.74, 6) is 1.11. The van der Waals surface area contributed by atoms with Crippen molar-refractivity contribution in [2.24, 2.45) is 0 Å². The first-order valence-electron chi connectivity index (χ1n) is 9.98. The number of anilines is 1. The van der Waals surface area contributed by atoms with Crippen LogP contribution >= 0.6 is 0 Å². The van der Waals surface area contributed by atoms with Gasteiger partial charge in [-0.1, -0.05) is 12.1 Å². The van der Waals surface area contributed by atoms with Gasteiger partial charge in [-0.3, -0.25) is 9.69 Å². The summed E-state index contributed by atoms with van der Waals surface area (Å²) in [5.41, 5.74) is 4.19. The van der Waals surface area contributed by atoms with Crippen LogP contribution in [-0.2, 0) is 19.5 Å². The lowest BCUT2D eigenvalue weighted by Gasteiger charge is -2.28. The van der Waals surface area contributed by atoms with E-state index in [1.165, 1.54) is 24.1 Å². The molecule has 6 nitrogen and oxygen atoms in total. The maximum atomic E-state index is 12.6. The van der Waals surface area contributed by atoms with Gasteiger partial charge in [-0.2, -0.15) is 0 Å². The van der Waals surface area contributed by atoms with Gasteiger partial charge in [0.15, 0.2) is 11.6 Å². The van der Waals surface area contributed by atoms with Gasteiger partial charge in [-0.05, 0) is 42.7 Å². The SMILES string of the molecule is O=c1[nH]c(-c2ccco2)nc2c1CN(Cc1ccc(N3CCCC3)cc1)CC2. The van der Waals surface area contributed by atoms with Crippen LogP contribution in [0.2, 0.25) is 0 Å². The third kappa shape index (κ3) is 3.36. The van der Waals surface area contributed by atoms with Crippen molar-refractivity contribution in [1.29, 1.82) is 0 Å². The molecule has 1 fully saturated rings. The molecule has 6 heteroatoms. The smallest absolute Gasteiger partial charge is 0.256 e. The highest BCUT2D eigenvalue weighted by atomic mass is 16.3. The van der Waals surface area contributed by atoms with Crippen LogP contribution in [0.5, 0.6) is 0 Å². The van der Waals surface area contributed by atoms with E-state index in [-0.39, 0.29) is 5.56 Å². The Morgan fingerprint density at radius 1 is 1.07 bits per heavy atom. The zero-order valence-corrected chi connectivity index (χ0v) is 15.9. The number of benzene rings is 1. The van der Waals surface area contributed by atoms with Crippen molar-refractivity contribution in [3.8, 4) is 11.6 Å². The van der Waals surface area contributed by atoms with E-state index in [1.54, 1.807) is 12.3 Å². The van der Waals surface area contributed by atoms with E-state index in [4.69, 9.17) is 4.42 Å². The van der Waals surface area contributed by atoms with Crippen LogP contribution in [0.15, 0.2) is 51.9 Å². The fourth-order valence-electron chi connectivity index (χ4n) is 4.19. The predicted octanol–water partition coefficient (Wildman–Crippen LogP) is 3.19. The Morgan fingerprint density at radius 3 is 2.64 bits per heavy atom.